The van der Waals surface area contributed by atoms with E-state index in [1.165, 1.54) is 49.7 Å². The van der Waals surface area contributed by atoms with Gasteiger partial charge >= 0.3 is 0 Å². The molecule has 2 heterocycles. The van der Waals surface area contributed by atoms with Crippen LogP contribution >= 0.6 is 0 Å². The standard InChI is InChI=1S/C54H40N4/c1-5-17-39(18-6-1)55(45-33-35-53-49(37-45)47-25-13-15-27-51(47)57(53)41-21-9-3-10-22-41)43-29-31-44(32-30-43)56(40-19-7-2-8-20-40)46-34-36-54-50(38-46)48-26-14-16-28-52(48)58(54)42-23-11-4-12-24-42/h1-15,17-27,29-38H,16,28H2. The van der Waals surface area contributed by atoms with Crippen LogP contribution in [-0.4, -0.2) is 9.13 Å². The van der Waals surface area contributed by atoms with Crippen LogP contribution in [0.5, 0.6) is 0 Å². The third kappa shape index (κ3) is 5.69. The Labute approximate surface area is 338 Å². The lowest BCUT2D eigenvalue weighted by molar-refractivity contribution is 0.888. The zero-order valence-electron chi connectivity index (χ0n) is 32.0. The topological polar surface area (TPSA) is 16.3 Å². The van der Waals surface area contributed by atoms with Crippen molar-refractivity contribution in [3.05, 3.63) is 224 Å². The van der Waals surface area contributed by atoms with Crippen molar-refractivity contribution >= 4 is 72.9 Å². The predicted molar refractivity (Wildman–Crippen MR) is 244 cm³/mol. The summed E-state index contributed by atoms with van der Waals surface area (Å²) >= 11 is 0. The van der Waals surface area contributed by atoms with Gasteiger partial charge in [0.15, 0.2) is 0 Å². The predicted octanol–water partition coefficient (Wildman–Crippen LogP) is 14.6. The largest absolute Gasteiger partial charge is 0.313 e. The van der Waals surface area contributed by atoms with Crippen molar-refractivity contribution in [2.45, 2.75) is 12.8 Å². The third-order valence-corrected chi connectivity index (χ3v) is 11.5. The van der Waals surface area contributed by atoms with E-state index < -0.39 is 0 Å². The van der Waals surface area contributed by atoms with Gasteiger partial charge in [-0.1, -0.05) is 103 Å². The molecule has 0 N–H and O–H groups in total. The minimum atomic E-state index is 1.02. The Morgan fingerprint density at radius 2 is 0.776 bits per heavy atom. The van der Waals surface area contributed by atoms with Gasteiger partial charge in [-0.15, -0.1) is 0 Å². The maximum absolute atomic E-state index is 2.45. The summed E-state index contributed by atoms with van der Waals surface area (Å²) < 4.78 is 4.82. The van der Waals surface area contributed by atoms with E-state index in [9.17, 15) is 0 Å². The summed E-state index contributed by atoms with van der Waals surface area (Å²) in [4.78, 5) is 4.74. The van der Waals surface area contributed by atoms with Gasteiger partial charge in [0.1, 0.15) is 0 Å². The molecule has 8 aromatic carbocycles. The summed E-state index contributed by atoms with van der Waals surface area (Å²) in [6.07, 6.45) is 6.71. The van der Waals surface area contributed by atoms with Gasteiger partial charge in [0.05, 0.1) is 16.6 Å². The zero-order chi connectivity index (χ0) is 38.4. The molecule has 2 aromatic heterocycles. The van der Waals surface area contributed by atoms with Crippen LogP contribution in [-0.2, 0) is 6.42 Å². The van der Waals surface area contributed by atoms with Gasteiger partial charge in [-0.05, 0) is 128 Å². The number of hydrogen-bond acceptors (Lipinski definition) is 2. The Morgan fingerprint density at radius 3 is 1.36 bits per heavy atom. The minimum absolute atomic E-state index is 1.02. The van der Waals surface area contributed by atoms with Crippen molar-refractivity contribution in [3.8, 4) is 11.4 Å². The second-order valence-corrected chi connectivity index (χ2v) is 14.9. The van der Waals surface area contributed by atoms with E-state index in [-0.39, 0.29) is 0 Å². The monoisotopic (exact) mass is 744 g/mol. The average molecular weight is 745 g/mol. The van der Waals surface area contributed by atoms with E-state index in [1.807, 2.05) is 0 Å². The van der Waals surface area contributed by atoms with Gasteiger partial charge in [-0.3, -0.25) is 0 Å². The summed E-state index contributed by atoms with van der Waals surface area (Å²) in [5, 5.41) is 3.72. The van der Waals surface area contributed by atoms with Crippen molar-refractivity contribution < 1.29 is 0 Å². The fraction of sp³-hybridized carbons (Fsp3) is 0.0370. The van der Waals surface area contributed by atoms with Crippen LogP contribution in [0.15, 0.2) is 212 Å². The second kappa shape index (κ2) is 14.2. The van der Waals surface area contributed by atoms with E-state index in [0.29, 0.717) is 0 Å². The molecule has 0 amide bonds. The number of hydrogen-bond donors (Lipinski definition) is 0. The van der Waals surface area contributed by atoms with E-state index >= 15 is 0 Å². The fourth-order valence-corrected chi connectivity index (χ4v) is 8.98. The molecule has 0 bridgehead atoms. The molecule has 0 radical (unpaired) electrons. The number of aromatic nitrogens is 2. The second-order valence-electron chi connectivity index (χ2n) is 14.9. The molecule has 0 fully saturated rings. The van der Waals surface area contributed by atoms with E-state index in [0.717, 1.165) is 52.7 Å². The number of rotatable bonds is 8. The van der Waals surface area contributed by atoms with Gasteiger partial charge in [-0.2, -0.15) is 0 Å². The first-order valence-electron chi connectivity index (χ1n) is 20.1. The maximum atomic E-state index is 2.45. The third-order valence-electron chi connectivity index (χ3n) is 11.5. The van der Waals surface area contributed by atoms with Gasteiger partial charge in [0.2, 0.25) is 0 Å². The first-order chi connectivity index (χ1) is 28.8. The lowest BCUT2D eigenvalue weighted by Crippen LogP contribution is -2.12. The number of nitrogens with zero attached hydrogens (tertiary/aromatic N) is 4. The quantitative estimate of drug-likeness (QED) is 0.154. The van der Waals surface area contributed by atoms with Gasteiger partial charge in [0.25, 0.3) is 0 Å². The number of fused-ring (bicyclic) bond motifs is 6. The van der Waals surface area contributed by atoms with Crippen molar-refractivity contribution in [3.63, 3.8) is 0 Å². The summed E-state index contributed by atoms with van der Waals surface area (Å²) in [6.45, 7) is 0. The maximum Gasteiger partial charge on any atom is 0.0542 e. The SMILES string of the molecule is C1=Cc2c(n(-c3ccccc3)c3ccc(N(c4ccccc4)c4ccc(N(c5ccccc5)c5ccc6c(c5)c5ccccc5n6-c5ccccc5)cc4)cc23)CC1. The van der Waals surface area contributed by atoms with Crippen molar-refractivity contribution in [1.82, 2.24) is 9.13 Å². The summed E-state index contributed by atoms with van der Waals surface area (Å²) in [5.74, 6) is 0. The molecule has 0 aliphatic heterocycles. The lowest BCUT2D eigenvalue weighted by atomic mass is 10.0. The Bertz CT molecular complexity index is 3090. The van der Waals surface area contributed by atoms with Crippen LogP contribution in [0.1, 0.15) is 17.7 Å². The molecular formula is C54H40N4. The highest BCUT2D eigenvalue weighted by Gasteiger charge is 2.22. The van der Waals surface area contributed by atoms with E-state index in [4.69, 9.17) is 0 Å². The Balaban J connectivity index is 1.03. The van der Waals surface area contributed by atoms with Crippen LogP contribution in [0.3, 0.4) is 0 Å². The first kappa shape index (κ1) is 33.8. The molecular weight excluding hydrogens is 705 g/mol. The highest BCUT2D eigenvalue weighted by atomic mass is 15.2. The number of para-hydroxylation sites is 5. The number of allylic oxidation sites excluding steroid dienone is 1. The molecule has 1 aliphatic rings. The number of anilines is 6. The van der Waals surface area contributed by atoms with Gasteiger partial charge < -0.3 is 18.9 Å². The molecule has 11 rings (SSSR count). The fourth-order valence-electron chi connectivity index (χ4n) is 8.98. The summed E-state index contributed by atoms with van der Waals surface area (Å²) in [6, 6.07) is 74.4. The van der Waals surface area contributed by atoms with Crippen molar-refractivity contribution in [2.24, 2.45) is 0 Å². The summed E-state index contributed by atoms with van der Waals surface area (Å²) in [7, 11) is 0. The van der Waals surface area contributed by atoms with Crippen molar-refractivity contribution in [1.29, 1.82) is 0 Å². The van der Waals surface area contributed by atoms with Crippen LogP contribution < -0.4 is 9.80 Å². The Hall–Kier alpha value is -7.56. The average Bonchev–Trinajstić information content (AvgIpc) is 3.81. The molecule has 0 saturated carbocycles. The first-order valence-corrected chi connectivity index (χ1v) is 20.1. The highest BCUT2D eigenvalue weighted by molar-refractivity contribution is 6.10. The van der Waals surface area contributed by atoms with Gasteiger partial charge in [-0.25, -0.2) is 0 Å². The Kier molecular flexibility index (Phi) is 8.25. The highest BCUT2D eigenvalue weighted by Crippen LogP contribution is 2.43. The molecule has 58 heavy (non-hydrogen) atoms. The van der Waals surface area contributed by atoms with Gasteiger partial charge in [0, 0.05) is 72.9 Å². The minimum Gasteiger partial charge on any atom is -0.313 e. The molecule has 276 valence electrons. The molecule has 4 nitrogen and oxygen atoms in total. The lowest BCUT2D eigenvalue weighted by Gasteiger charge is -2.28. The smallest absolute Gasteiger partial charge is 0.0542 e. The molecule has 0 unspecified atom stereocenters. The molecule has 0 spiro atoms. The number of benzene rings is 8. The normalized spacial score (nSPS) is 12.3. The van der Waals surface area contributed by atoms with Crippen LogP contribution in [0.2, 0.25) is 0 Å². The Morgan fingerprint density at radius 1 is 0.345 bits per heavy atom. The molecule has 0 saturated heterocycles. The zero-order valence-corrected chi connectivity index (χ0v) is 32.0. The molecule has 1 aliphatic carbocycles. The van der Waals surface area contributed by atoms with E-state index in [1.54, 1.807) is 0 Å². The molecule has 4 heteroatoms. The van der Waals surface area contributed by atoms with Crippen LogP contribution in [0.4, 0.5) is 34.1 Å². The molecule has 10 aromatic rings. The van der Waals surface area contributed by atoms with E-state index in [2.05, 4.69) is 237 Å². The van der Waals surface area contributed by atoms with Crippen molar-refractivity contribution in [2.75, 3.05) is 9.80 Å². The summed E-state index contributed by atoms with van der Waals surface area (Å²) in [5.41, 5.74) is 15.3. The molecule has 0 atom stereocenters. The van der Waals surface area contributed by atoms with Crippen LogP contribution in [0.25, 0.3) is 50.2 Å². The van der Waals surface area contributed by atoms with Crippen LogP contribution in [0, 0.1) is 0 Å².